The first-order valence-corrected chi connectivity index (χ1v) is 8.23. The molecule has 0 aliphatic rings. The van der Waals surface area contributed by atoms with Gasteiger partial charge in [0.1, 0.15) is 11.4 Å². The molecule has 1 aromatic carbocycles. The fourth-order valence-corrected chi connectivity index (χ4v) is 2.50. The zero-order chi connectivity index (χ0) is 19.8. The third-order valence-corrected chi connectivity index (χ3v) is 4.14. The van der Waals surface area contributed by atoms with Crippen LogP contribution in [0.1, 0.15) is 36.3 Å². The summed E-state index contributed by atoms with van der Waals surface area (Å²) in [7, 11) is 0. The van der Waals surface area contributed by atoms with Gasteiger partial charge in [-0.05, 0) is 43.7 Å². The monoisotopic (exact) mass is 380 g/mol. The van der Waals surface area contributed by atoms with E-state index in [1.54, 1.807) is 6.92 Å². The molecule has 1 atom stereocenters. The Kier molecular flexibility index (Phi) is 4.86. The number of hydrogen-bond acceptors (Lipinski definition) is 3. The van der Waals surface area contributed by atoms with Gasteiger partial charge in [0.15, 0.2) is 11.3 Å². The highest BCUT2D eigenvalue weighted by molar-refractivity contribution is 6.00. The van der Waals surface area contributed by atoms with Gasteiger partial charge in [-0.15, -0.1) is 0 Å². The lowest BCUT2D eigenvalue weighted by Gasteiger charge is -2.13. The molecule has 0 spiro atoms. The zero-order valence-electron chi connectivity index (χ0n) is 14.5. The third-order valence-electron chi connectivity index (χ3n) is 4.14. The minimum atomic E-state index is -4.72. The van der Waals surface area contributed by atoms with Crippen LogP contribution in [0.5, 0.6) is 0 Å². The highest BCUT2D eigenvalue weighted by Gasteiger charge is 2.36. The number of carbonyl (C=O) groups is 1. The first-order valence-electron chi connectivity index (χ1n) is 8.23. The molecule has 0 radical (unpaired) electrons. The Balaban J connectivity index is 2.19. The zero-order valence-corrected chi connectivity index (χ0v) is 14.5. The molecule has 9 heteroatoms. The van der Waals surface area contributed by atoms with E-state index in [2.05, 4.69) is 15.4 Å². The summed E-state index contributed by atoms with van der Waals surface area (Å²) < 4.78 is 54.2. The Labute approximate surface area is 152 Å². The first kappa shape index (κ1) is 18.8. The predicted molar refractivity (Wildman–Crippen MR) is 90.6 cm³/mol. The maximum atomic E-state index is 13.5. The average molecular weight is 380 g/mol. The molecule has 0 aliphatic heterocycles. The van der Waals surface area contributed by atoms with E-state index in [1.807, 2.05) is 6.92 Å². The van der Waals surface area contributed by atoms with Gasteiger partial charge in [0.2, 0.25) is 0 Å². The number of halogens is 4. The molecule has 1 unspecified atom stereocenters. The van der Waals surface area contributed by atoms with Gasteiger partial charge in [0.05, 0.1) is 11.9 Å². The molecule has 3 rings (SSSR count). The van der Waals surface area contributed by atoms with E-state index in [0.717, 1.165) is 24.4 Å². The van der Waals surface area contributed by atoms with Gasteiger partial charge >= 0.3 is 6.18 Å². The summed E-state index contributed by atoms with van der Waals surface area (Å²) in [6, 6.07) is 5.56. The smallest absolute Gasteiger partial charge is 0.349 e. The average Bonchev–Trinajstić information content (AvgIpc) is 3.04. The topological polar surface area (TPSA) is 59.3 Å². The largest absolute Gasteiger partial charge is 0.433 e. The lowest BCUT2D eigenvalue weighted by molar-refractivity contribution is -0.142. The number of nitrogens with one attached hydrogen (secondary N) is 1. The van der Waals surface area contributed by atoms with Crippen LogP contribution in [0, 0.1) is 5.82 Å². The molecule has 2 aromatic heterocycles. The van der Waals surface area contributed by atoms with Crippen molar-refractivity contribution in [1.29, 1.82) is 0 Å². The molecule has 0 saturated carbocycles. The van der Waals surface area contributed by atoms with Crippen molar-refractivity contribution in [3.05, 3.63) is 53.6 Å². The van der Waals surface area contributed by atoms with Gasteiger partial charge < -0.3 is 5.32 Å². The standard InChI is InChI=1S/C18H16F4N4O/c1-3-10(2)24-17(27)13-9-23-26-15(18(20,21)22)8-14(25-16(13)26)11-4-6-12(19)7-5-11/h4-10H,3H2,1-2H3,(H,24,27). The number of hydrogen-bond donors (Lipinski definition) is 1. The Morgan fingerprint density at radius 2 is 1.93 bits per heavy atom. The second kappa shape index (κ2) is 6.98. The first-order chi connectivity index (χ1) is 12.7. The molecule has 1 amide bonds. The molecule has 27 heavy (non-hydrogen) atoms. The van der Waals surface area contributed by atoms with Gasteiger partial charge in [-0.25, -0.2) is 13.9 Å². The van der Waals surface area contributed by atoms with Crippen LogP contribution >= 0.6 is 0 Å². The fraction of sp³-hybridized carbons (Fsp3) is 0.278. The number of amides is 1. The van der Waals surface area contributed by atoms with Crippen LogP contribution in [-0.2, 0) is 6.18 Å². The Hall–Kier alpha value is -2.97. The van der Waals surface area contributed by atoms with Crippen molar-refractivity contribution in [2.45, 2.75) is 32.5 Å². The van der Waals surface area contributed by atoms with Gasteiger partial charge in [-0.1, -0.05) is 6.92 Å². The molecular weight excluding hydrogens is 364 g/mol. The molecule has 0 fully saturated rings. The van der Waals surface area contributed by atoms with Crippen molar-refractivity contribution in [2.24, 2.45) is 0 Å². The summed E-state index contributed by atoms with van der Waals surface area (Å²) in [4.78, 5) is 16.6. The van der Waals surface area contributed by atoms with Crippen molar-refractivity contribution in [3.63, 3.8) is 0 Å². The Bertz CT molecular complexity index is 979. The number of rotatable bonds is 4. The van der Waals surface area contributed by atoms with Crippen LogP contribution in [0.15, 0.2) is 36.5 Å². The SMILES string of the molecule is CCC(C)NC(=O)c1cnn2c(C(F)(F)F)cc(-c3ccc(F)cc3)nc12. The summed E-state index contributed by atoms with van der Waals surface area (Å²) in [5.74, 6) is -1.08. The van der Waals surface area contributed by atoms with Crippen molar-refractivity contribution < 1.29 is 22.4 Å². The molecule has 1 N–H and O–H groups in total. The number of carbonyl (C=O) groups excluding carboxylic acids is 1. The van der Waals surface area contributed by atoms with Crippen molar-refractivity contribution >= 4 is 11.6 Å². The van der Waals surface area contributed by atoms with Crippen LogP contribution in [0.25, 0.3) is 16.9 Å². The maximum Gasteiger partial charge on any atom is 0.433 e. The lowest BCUT2D eigenvalue weighted by Crippen LogP contribution is -2.32. The molecule has 0 bridgehead atoms. The fourth-order valence-electron chi connectivity index (χ4n) is 2.50. The van der Waals surface area contributed by atoms with Crippen LogP contribution in [0.4, 0.5) is 17.6 Å². The number of benzene rings is 1. The maximum absolute atomic E-state index is 13.5. The van der Waals surface area contributed by atoms with Crippen LogP contribution in [0.3, 0.4) is 0 Å². The third kappa shape index (κ3) is 3.76. The summed E-state index contributed by atoms with van der Waals surface area (Å²) in [6.45, 7) is 3.65. The van der Waals surface area contributed by atoms with E-state index in [9.17, 15) is 22.4 Å². The van der Waals surface area contributed by atoms with Gasteiger partial charge in [0, 0.05) is 11.6 Å². The van der Waals surface area contributed by atoms with Crippen molar-refractivity contribution in [3.8, 4) is 11.3 Å². The quantitative estimate of drug-likeness (QED) is 0.694. The summed E-state index contributed by atoms with van der Waals surface area (Å²) >= 11 is 0. The van der Waals surface area contributed by atoms with Gasteiger partial charge in [0.25, 0.3) is 5.91 Å². The molecule has 142 valence electrons. The normalized spacial score (nSPS) is 13.0. The van der Waals surface area contributed by atoms with Crippen LogP contribution in [-0.4, -0.2) is 26.5 Å². The van der Waals surface area contributed by atoms with E-state index < -0.39 is 23.6 Å². The molecule has 5 nitrogen and oxygen atoms in total. The molecule has 2 heterocycles. The molecular formula is C18H16F4N4O. The number of alkyl halides is 3. The Morgan fingerprint density at radius 1 is 1.26 bits per heavy atom. The van der Waals surface area contributed by atoms with E-state index in [-0.39, 0.29) is 22.9 Å². The van der Waals surface area contributed by atoms with E-state index in [1.165, 1.54) is 12.1 Å². The number of aromatic nitrogens is 3. The molecule has 0 saturated heterocycles. The molecule has 0 aliphatic carbocycles. The summed E-state index contributed by atoms with van der Waals surface area (Å²) in [5, 5.41) is 6.39. The second-order valence-corrected chi connectivity index (χ2v) is 6.11. The molecule has 3 aromatic rings. The number of nitrogens with zero attached hydrogens (tertiary/aromatic N) is 3. The summed E-state index contributed by atoms with van der Waals surface area (Å²) in [5.41, 5.74) is -1.10. The van der Waals surface area contributed by atoms with Gasteiger partial charge in [-0.3, -0.25) is 4.79 Å². The van der Waals surface area contributed by atoms with Crippen molar-refractivity contribution in [2.75, 3.05) is 0 Å². The van der Waals surface area contributed by atoms with E-state index >= 15 is 0 Å². The summed E-state index contributed by atoms with van der Waals surface area (Å²) in [6.07, 6.45) is -3.00. The second-order valence-electron chi connectivity index (χ2n) is 6.11. The Morgan fingerprint density at radius 3 is 2.52 bits per heavy atom. The van der Waals surface area contributed by atoms with Gasteiger partial charge in [-0.2, -0.15) is 18.3 Å². The minimum absolute atomic E-state index is 0.0343. The predicted octanol–water partition coefficient (Wildman–Crippen LogP) is 4.08. The van der Waals surface area contributed by atoms with Crippen molar-refractivity contribution in [1.82, 2.24) is 19.9 Å². The van der Waals surface area contributed by atoms with Crippen LogP contribution in [0.2, 0.25) is 0 Å². The number of fused-ring (bicyclic) bond motifs is 1. The van der Waals surface area contributed by atoms with Crippen LogP contribution < -0.4 is 5.32 Å². The highest BCUT2D eigenvalue weighted by atomic mass is 19.4. The lowest BCUT2D eigenvalue weighted by atomic mass is 10.1. The van der Waals surface area contributed by atoms with E-state index in [0.29, 0.717) is 16.5 Å². The van der Waals surface area contributed by atoms with E-state index in [4.69, 9.17) is 0 Å². The highest BCUT2D eigenvalue weighted by Crippen LogP contribution is 2.32. The minimum Gasteiger partial charge on any atom is -0.349 e.